The van der Waals surface area contributed by atoms with E-state index in [1.54, 1.807) is 48.5 Å². The Morgan fingerprint density at radius 3 is 1.14 bits per heavy atom. The Morgan fingerprint density at radius 1 is 0.402 bits per heavy atom. The van der Waals surface area contributed by atoms with Crippen molar-refractivity contribution < 1.29 is 119 Å². The van der Waals surface area contributed by atoms with Gasteiger partial charge in [0.15, 0.2) is 55.5 Å². The van der Waals surface area contributed by atoms with Crippen LogP contribution in [0.1, 0.15) is 82.9 Å². The first-order chi connectivity index (χ1) is 49.1. The maximum absolute atomic E-state index is 15.2. The zero-order valence-corrected chi connectivity index (χ0v) is 56.5. The number of halogens is 3. The second-order valence-corrected chi connectivity index (χ2v) is 24.8. The van der Waals surface area contributed by atoms with Gasteiger partial charge in [0.25, 0.3) is 9.70 Å². The summed E-state index contributed by atoms with van der Waals surface area (Å²) in [4.78, 5) is 144. The molecule has 0 spiro atoms. The van der Waals surface area contributed by atoms with Crippen LogP contribution in [-0.4, -0.2) is 188 Å². The molecule has 29 nitrogen and oxygen atoms in total. The number of carbonyl (C=O) groups excluding carboxylic acids is 10. The Hall–Kier alpha value is -10.0. The topological polar surface area (TPSA) is 370 Å². The number of ether oxygens (including phenoxy) is 15. The highest BCUT2D eigenvalue weighted by molar-refractivity contribution is 6.76. The maximum atomic E-state index is 15.2. The number of hydrogen-bond donors (Lipinski definition) is 1. The summed E-state index contributed by atoms with van der Waals surface area (Å²) in [5, 5.41) is 5.94. The monoisotopic (exact) mass is 1470 g/mol. The van der Waals surface area contributed by atoms with Gasteiger partial charge in [0.2, 0.25) is 0 Å². The number of hydrogen-bond acceptors (Lipinski definition) is 26. The molecule has 1 N–H and O–H groups in total. The third-order valence-electron chi connectivity index (χ3n) is 15.3. The predicted octanol–water partition coefficient (Wildman–Crippen LogP) is 8.16. The van der Waals surface area contributed by atoms with Gasteiger partial charge in [0, 0.05) is 32.2 Å². The van der Waals surface area contributed by atoms with Crippen LogP contribution in [0.3, 0.4) is 0 Å². The van der Waals surface area contributed by atoms with Crippen LogP contribution < -0.4 is 5.32 Å². The van der Waals surface area contributed by atoms with Gasteiger partial charge >= 0.3 is 53.7 Å². The number of alkyl halides is 3. The van der Waals surface area contributed by atoms with Crippen molar-refractivity contribution >= 4 is 94.4 Å². The van der Waals surface area contributed by atoms with Crippen LogP contribution in [0.25, 0.3) is 10.4 Å². The molecule has 9 rings (SSSR count). The van der Waals surface area contributed by atoms with Crippen LogP contribution >= 0.6 is 34.8 Å². The fourth-order valence-corrected chi connectivity index (χ4v) is 10.9. The summed E-state index contributed by atoms with van der Waals surface area (Å²) in [5.41, 5.74) is 8.86. The third kappa shape index (κ3) is 20.8. The minimum absolute atomic E-state index is 0.00942. The molecule has 3 fully saturated rings. The third-order valence-corrected chi connectivity index (χ3v) is 15.9. The van der Waals surface area contributed by atoms with E-state index in [0.29, 0.717) is 0 Å². The lowest BCUT2D eigenvalue weighted by Gasteiger charge is -2.51. The molecule has 3 aliphatic heterocycles. The second-order valence-electron chi connectivity index (χ2n) is 22.5. The SMILES string of the molecule is CC(=O)OC[C@H]1O[C@@H](O[C@H]2[C@@H](OC(=O)c3ccccc3)[C@@H](COC(=O)c3ccccc3)O[C@@H](O[C@H]3[C@H](OC(=O)c4ccccc4)[C@@H](OC(=O)c4ccccc4)[C@H](OCCN=[N+]=[N-])O[C@@H]3COC(=O)c3ccccc3)[C@@H]2OC(=O)c2ccccc2)[C@H](NC(=O)C(Cl)(Cl)Cl)[C@@H](OC(C)=O)[C@@H]1OC(C)=O. The molecule has 32 heteroatoms. The smallest absolute Gasteiger partial charge is 0.338 e. The minimum Gasteiger partial charge on any atom is -0.463 e. The van der Waals surface area contributed by atoms with Crippen LogP contribution in [0.5, 0.6) is 0 Å². The molecular formula is C70H65Cl3N4O25. The van der Waals surface area contributed by atoms with Crippen molar-refractivity contribution in [3.8, 4) is 0 Å². The Morgan fingerprint density at radius 2 is 0.735 bits per heavy atom. The quantitative estimate of drug-likeness (QED) is 0.00966. The molecule has 102 heavy (non-hydrogen) atoms. The van der Waals surface area contributed by atoms with Crippen molar-refractivity contribution in [3.63, 3.8) is 0 Å². The summed E-state index contributed by atoms with van der Waals surface area (Å²) in [7, 11) is 0. The molecular weight excluding hydrogens is 1400 g/mol. The van der Waals surface area contributed by atoms with E-state index in [2.05, 4.69) is 15.3 Å². The molecule has 0 bridgehead atoms. The van der Waals surface area contributed by atoms with Gasteiger partial charge in [-0.05, 0) is 78.3 Å². The lowest BCUT2D eigenvalue weighted by molar-refractivity contribution is -0.372. The van der Waals surface area contributed by atoms with Gasteiger partial charge in [0.1, 0.15) is 56.4 Å². The van der Waals surface area contributed by atoms with E-state index in [-0.39, 0.29) is 39.9 Å². The van der Waals surface area contributed by atoms with Gasteiger partial charge in [0.05, 0.1) is 40.0 Å². The zero-order valence-electron chi connectivity index (χ0n) is 54.2. The van der Waals surface area contributed by atoms with E-state index in [9.17, 15) is 48.7 Å². The first-order valence-electron chi connectivity index (χ1n) is 31.3. The molecule has 536 valence electrons. The summed E-state index contributed by atoms with van der Waals surface area (Å²) in [6, 6.07) is 42.3. The van der Waals surface area contributed by atoms with Gasteiger partial charge in [-0.3, -0.25) is 19.2 Å². The molecule has 0 radical (unpaired) electrons. The second kappa shape index (κ2) is 36.5. The largest absolute Gasteiger partial charge is 0.463 e. The first kappa shape index (κ1) is 76.1. The number of azide groups is 1. The average Bonchev–Trinajstić information content (AvgIpc) is 0.758. The number of nitrogens with zero attached hydrogens (tertiary/aromatic N) is 3. The van der Waals surface area contributed by atoms with Crippen LogP contribution in [-0.2, 0) is 90.2 Å². The predicted molar refractivity (Wildman–Crippen MR) is 352 cm³/mol. The molecule has 0 aromatic heterocycles. The molecule has 6 aromatic rings. The molecule has 3 saturated heterocycles. The fraction of sp³-hybridized carbons (Fsp3) is 0.343. The number of nitrogens with one attached hydrogen (secondary N) is 1. The van der Waals surface area contributed by atoms with Crippen molar-refractivity contribution in [1.29, 1.82) is 0 Å². The Kier molecular flexibility index (Phi) is 27.3. The van der Waals surface area contributed by atoms with Crippen LogP contribution in [0.2, 0.25) is 0 Å². The highest BCUT2D eigenvalue weighted by atomic mass is 35.6. The van der Waals surface area contributed by atoms with Gasteiger partial charge < -0.3 is 76.4 Å². The Labute approximate surface area is 596 Å². The number of amides is 1. The zero-order chi connectivity index (χ0) is 72.9. The van der Waals surface area contributed by atoms with Crippen LogP contribution in [0, 0.1) is 0 Å². The number of benzene rings is 6. The summed E-state index contributed by atoms with van der Waals surface area (Å²) < 4.78 is 91.7. The fourth-order valence-electron chi connectivity index (χ4n) is 10.8. The number of rotatable bonds is 27. The van der Waals surface area contributed by atoms with E-state index in [0.717, 1.165) is 20.8 Å². The summed E-state index contributed by atoms with van der Waals surface area (Å²) in [6.45, 7) is -0.578. The molecule has 0 unspecified atom stereocenters. The molecule has 3 aliphatic rings. The Balaban J connectivity index is 1.30. The average molecular weight is 1470 g/mol. The first-order valence-corrected chi connectivity index (χ1v) is 32.4. The number of carbonyl (C=O) groups is 10. The highest BCUT2D eigenvalue weighted by Crippen LogP contribution is 2.40. The van der Waals surface area contributed by atoms with Gasteiger partial charge in [-0.15, -0.1) is 0 Å². The number of esters is 9. The van der Waals surface area contributed by atoms with Crippen molar-refractivity contribution in [2.24, 2.45) is 5.11 Å². The standard InChI is InChI=1S/C70H65Cl3N4O25/c1-39(78)89-36-48-52(92-40(2)79)55(93-41(3)80)51(76-69(87)70(71,72)73)66(94-48)102-57-53(97-62(83)44-26-14-6-15-27-44)49(37-90-60(81)42-22-10-4-11-23-42)96-68(59(57)100-65(86)47-32-20-9-21-33-47)101-54-50(38-91-61(82)43-24-12-5-13-25-43)95-67(88-35-34-75-77-74)58(99-64(85)46-30-18-8-19-31-46)56(54)98-63(84)45-28-16-7-17-29-45/h4-33,48-59,66-68H,34-38H2,1-3H3,(H,76,87)/t48-,49-,50-,51-,52-,53+,54-,55-,56+,57+,58-,59-,66+,67-,68+/m1/s1. The molecule has 1 amide bonds. The lowest BCUT2D eigenvalue weighted by Crippen LogP contribution is -2.71. The lowest BCUT2D eigenvalue weighted by atomic mass is 9.94. The molecule has 15 atom stereocenters. The van der Waals surface area contributed by atoms with Crippen molar-refractivity contribution in [2.45, 2.75) is 117 Å². The minimum atomic E-state index is -2.86. The van der Waals surface area contributed by atoms with Crippen molar-refractivity contribution in [2.75, 3.05) is 33.0 Å². The van der Waals surface area contributed by atoms with E-state index in [1.165, 1.54) is 133 Å². The van der Waals surface area contributed by atoms with E-state index in [1.807, 2.05) is 0 Å². The maximum Gasteiger partial charge on any atom is 0.338 e. The summed E-state index contributed by atoms with van der Waals surface area (Å²) in [6.07, 6.45) is -28.8. The molecule has 0 aliphatic carbocycles. The highest BCUT2D eigenvalue weighted by Gasteiger charge is 2.61. The Bertz CT molecular complexity index is 3920. The van der Waals surface area contributed by atoms with Crippen LogP contribution in [0.4, 0.5) is 0 Å². The van der Waals surface area contributed by atoms with Crippen LogP contribution in [0.15, 0.2) is 187 Å². The molecule has 0 saturated carbocycles. The van der Waals surface area contributed by atoms with E-state index < -0.39 is 182 Å². The van der Waals surface area contributed by atoms with Crippen molar-refractivity contribution in [3.05, 3.63) is 226 Å². The normalized spacial score (nSPS) is 24.5. The molecule has 6 aromatic carbocycles. The van der Waals surface area contributed by atoms with Gasteiger partial charge in [-0.2, -0.15) is 0 Å². The van der Waals surface area contributed by atoms with Gasteiger partial charge in [-0.25, -0.2) is 28.8 Å². The van der Waals surface area contributed by atoms with Gasteiger partial charge in [-0.1, -0.05) is 149 Å². The van der Waals surface area contributed by atoms with E-state index in [4.69, 9.17) is 106 Å². The summed E-state index contributed by atoms with van der Waals surface area (Å²) >= 11 is 18.6. The van der Waals surface area contributed by atoms with Crippen molar-refractivity contribution in [1.82, 2.24) is 5.32 Å². The van der Waals surface area contributed by atoms with E-state index >= 15 is 4.79 Å². The molecule has 3 heterocycles. The summed E-state index contributed by atoms with van der Waals surface area (Å²) in [5.74, 6) is -11.0.